The smallest absolute Gasteiger partial charge is 0.235 e. The van der Waals surface area contributed by atoms with Crippen LogP contribution in [0.25, 0.3) is 10.9 Å². The van der Waals surface area contributed by atoms with E-state index < -0.39 is 18.1 Å². The summed E-state index contributed by atoms with van der Waals surface area (Å²) in [6, 6.07) is 2.88. The van der Waals surface area contributed by atoms with Gasteiger partial charge < -0.3 is 9.30 Å². The minimum Gasteiger partial charge on any atom is -0.361 e. The van der Waals surface area contributed by atoms with Crippen molar-refractivity contribution < 1.29 is 13.2 Å². The first-order chi connectivity index (χ1) is 13.0. The van der Waals surface area contributed by atoms with E-state index in [1.54, 1.807) is 12.3 Å². The molecule has 2 heterocycles. The molecule has 0 atom stereocenters. The Morgan fingerprint density at radius 2 is 2.00 bits per heavy atom. The maximum Gasteiger partial charge on any atom is 0.235 e. The number of hydrogen-bond donors (Lipinski definition) is 0. The summed E-state index contributed by atoms with van der Waals surface area (Å²) in [6.07, 6.45) is 3.77. The molecule has 0 N–H and O–H groups in total. The lowest BCUT2D eigenvalue weighted by Gasteiger charge is -2.31. The molecule has 0 spiro atoms. The molecule has 154 valence electrons. The lowest BCUT2D eigenvalue weighted by molar-refractivity contribution is 0.0903. The van der Waals surface area contributed by atoms with Gasteiger partial charge in [0.25, 0.3) is 0 Å². The van der Waals surface area contributed by atoms with Gasteiger partial charge in [0.15, 0.2) is 0 Å². The highest BCUT2D eigenvalue weighted by Crippen LogP contribution is 2.43. The monoisotopic (exact) mass is 460 g/mol. The van der Waals surface area contributed by atoms with Crippen molar-refractivity contribution >= 4 is 57.9 Å². The number of hydrogen-bond acceptors (Lipinski definition) is 3. The summed E-state index contributed by atoms with van der Waals surface area (Å²) in [5, 5.41) is 1.66. The van der Waals surface area contributed by atoms with Crippen LogP contribution in [0.3, 0.4) is 0 Å². The predicted molar refractivity (Wildman–Crippen MR) is 121 cm³/mol. The van der Waals surface area contributed by atoms with E-state index in [0.717, 1.165) is 11.6 Å². The molecule has 0 saturated heterocycles. The van der Waals surface area contributed by atoms with Crippen LogP contribution < -0.4 is 4.31 Å². The summed E-state index contributed by atoms with van der Waals surface area (Å²) in [7, 11) is -4.63. The molecule has 3 rings (SSSR count). The van der Waals surface area contributed by atoms with Crippen molar-refractivity contribution in [2.75, 3.05) is 23.2 Å². The number of nitrogens with zero attached hydrogens (tertiary/aromatic N) is 2. The average molecular weight is 461 g/mol. The highest BCUT2D eigenvalue weighted by atomic mass is 35.5. The second-order valence-corrected chi connectivity index (χ2v) is 16.7. The third-order valence-corrected chi connectivity index (χ3v) is 8.85. The number of aromatic nitrogens is 1. The number of anilines is 1. The highest BCUT2D eigenvalue weighted by Gasteiger charge is 2.33. The Hall–Kier alpha value is -0.993. The van der Waals surface area contributed by atoms with Crippen molar-refractivity contribution in [1.82, 2.24) is 4.57 Å². The normalized spacial score (nSPS) is 16.4. The fraction of sp³-hybridized carbons (Fsp3) is 0.474. The van der Waals surface area contributed by atoms with Crippen LogP contribution in [0.1, 0.15) is 5.56 Å². The van der Waals surface area contributed by atoms with Gasteiger partial charge in [0.1, 0.15) is 6.73 Å². The first-order valence-corrected chi connectivity index (χ1v) is 15.3. The number of fused-ring (bicyclic) bond motifs is 3. The van der Waals surface area contributed by atoms with Crippen molar-refractivity contribution in [3.8, 4) is 0 Å². The van der Waals surface area contributed by atoms with Crippen LogP contribution in [0.2, 0.25) is 35.7 Å². The van der Waals surface area contributed by atoms with Crippen LogP contribution >= 0.6 is 23.2 Å². The molecule has 5 nitrogen and oxygen atoms in total. The largest absolute Gasteiger partial charge is 0.361 e. The van der Waals surface area contributed by atoms with E-state index in [9.17, 15) is 8.42 Å². The molecule has 1 aromatic carbocycles. The highest BCUT2D eigenvalue weighted by molar-refractivity contribution is 7.92. The van der Waals surface area contributed by atoms with Gasteiger partial charge in [-0.15, -0.1) is 6.58 Å². The van der Waals surface area contributed by atoms with Gasteiger partial charge in [-0.25, -0.2) is 8.42 Å². The predicted octanol–water partition coefficient (Wildman–Crippen LogP) is 5.14. The third-order valence-electron chi connectivity index (χ3n) is 4.84. The quantitative estimate of drug-likeness (QED) is 0.326. The molecule has 1 aromatic heterocycles. The van der Waals surface area contributed by atoms with E-state index in [0.29, 0.717) is 46.4 Å². The zero-order valence-electron chi connectivity index (χ0n) is 16.5. The summed E-state index contributed by atoms with van der Waals surface area (Å²) in [5.41, 5.74) is 2.23. The zero-order valence-corrected chi connectivity index (χ0v) is 19.8. The Bertz CT molecular complexity index is 1010. The Balaban J connectivity index is 2.09. The van der Waals surface area contributed by atoms with Gasteiger partial charge in [0, 0.05) is 26.3 Å². The van der Waals surface area contributed by atoms with E-state index in [1.165, 1.54) is 4.31 Å². The van der Waals surface area contributed by atoms with Crippen molar-refractivity contribution in [3.05, 3.63) is 40.5 Å². The summed E-state index contributed by atoms with van der Waals surface area (Å²) in [6.45, 7) is 11.8. The van der Waals surface area contributed by atoms with E-state index in [-0.39, 0.29) is 12.3 Å². The number of ether oxygens (including phenoxy) is 1. The fourth-order valence-corrected chi connectivity index (χ4v) is 6.32. The van der Waals surface area contributed by atoms with Crippen molar-refractivity contribution in [2.24, 2.45) is 0 Å². The molecule has 1 aliphatic heterocycles. The van der Waals surface area contributed by atoms with Gasteiger partial charge in [0.05, 0.1) is 33.5 Å². The lowest BCUT2D eigenvalue weighted by Crippen LogP contribution is -2.38. The second-order valence-electron chi connectivity index (χ2n) is 8.27. The summed E-state index contributed by atoms with van der Waals surface area (Å²) >= 11 is 13.0. The summed E-state index contributed by atoms with van der Waals surface area (Å²) in [4.78, 5) is 0. The topological polar surface area (TPSA) is 51.5 Å². The van der Waals surface area contributed by atoms with Crippen molar-refractivity contribution in [2.45, 2.75) is 38.8 Å². The van der Waals surface area contributed by atoms with Gasteiger partial charge >= 0.3 is 0 Å². The van der Waals surface area contributed by atoms with Crippen LogP contribution in [0.5, 0.6) is 0 Å². The lowest BCUT2D eigenvalue weighted by atomic mass is 10.1. The van der Waals surface area contributed by atoms with Gasteiger partial charge in [-0.05, 0) is 24.1 Å². The minimum atomic E-state index is -3.43. The molecule has 0 aliphatic carbocycles. The molecule has 0 amide bonds. The number of benzene rings is 1. The maximum atomic E-state index is 12.7. The number of halogens is 2. The van der Waals surface area contributed by atoms with Crippen LogP contribution in [0.4, 0.5) is 5.69 Å². The Morgan fingerprint density at radius 1 is 1.29 bits per heavy atom. The zero-order chi connectivity index (χ0) is 20.7. The summed E-state index contributed by atoms with van der Waals surface area (Å²) < 4.78 is 34.6. The number of aryl methyl sites for hydroxylation is 1. The maximum absolute atomic E-state index is 12.7. The molecule has 0 radical (unpaired) electrons. The van der Waals surface area contributed by atoms with Gasteiger partial charge in [0.2, 0.25) is 10.0 Å². The van der Waals surface area contributed by atoms with E-state index in [4.69, 9.17) is 27.9 Å². The van der Waals surface area contributed by atoms with E-state index >= 15 is 0 Å². The molecule has 2 aromatic rings. The van der Waals surface area contributed by atoms with Crippen molar-refractivity contribution in [3.63, 3.8) is 0 Å². The van der Waals surface area contributed by atoms with Gasteiger partial charge in [-0.3, -0.25) is 4.31 Å². The molecule has 0 bridgehead atoms. The van der Waals surface area contributed by atoms with Crippen molar-refractivity contribution in [1.29, 1.82) is 0 Å². The first-order valence-electron chi connectivity index (χ1n) is 9.24. The van der Waals surface area contributed by atoms with E-state index in [1.807, 2.05) is 10.6 Å². The molecule has 9 heteroatoms. The molecule has 28 heavy (non-hydrogen) atoms. The molecule has 1 aliphatic rings. The van der Waals surface area contributed by atoms with E-state index in [2.05, 4.69) is 26.2 Å². The standard InChI is InChI=1S/C19H26Cl2N2O3SSi/c1-5-7-23-18-14(6-9-27(23,24)25)11-15(20)17-16(21)12-22(19(17)18)13-26-8-10-28(2,3)4/h5,11-12H,1,6-10,13H2,2-4H3. The second kappa shape index (κ2) is 8.03. The average Bonchev–Trinajstić information content (AvgIpc) is 2.91. The SMILES string of the molecule is C=CCN1c2c(cc(Cl)c3c(Cl)cn(COCC[Si](C)(C)C)c23)CCS1(=O)=O. The molecular formula is C19H26Cl2N2O3SSi. The van der Waals surface area contributed by atoms with Gasteiger partial charge in [-0.1, -0.05) is 48.9 Å². The Morgan fingerprint density at radius 3 is 2.64 bits per heavy atom. The third kappa shape index (κ3) is 4.28. The van der Waals surface area contributed by atoms with Crippen LogP contribution in [0, 0.1) is 0 Å². The summed E-state index contributed by atoms with van der Waals surface area (Å²) in [5.74, 6) is 0.0524. The van der Waals surface area contributed by atoms with Gasteiger partial charge in [-0.2, -0.15) is 0 Å². The first kappa shape index (κ1) is 21.7. The Labute approximate surface area is 177 Å². The van der Waals surface area contributed by atoms with Crippen LogP contribution in [-0.4, -0.2) is 40.0 Å². The number of rotatable bonds is 7. The van der Waals surface area contributed by atoms with Crippen LogP contribution in [-0.2, 0) is 27.9 Å². The van der Waals surface area contributed by atoms with Crippen LogP contribution in [0.15, 0.2) is 24.9 Å². The number of sulfonamides is 1. The Kier molecular flexibility index (Phi) is 6.23. The molecule has 0 saturated carbocycles. The molecular weight excluding hydrogens is 435 g/mol. The molecule has 0 fully saturated rings. The molecule has 0 unspecified atom stereocenters. The minimum absolute atomic E-state index is 0.0524. The fourth-order valence-electron chi connectivity index (χ4n) is 3.37.